The number of allylic oxidation sites excluding steroid dienone is 1. The predicted molar refractivity (Wildman–Crippen MR) is 163 cm³/mol. The lowest BCUT2D eigenvalue weighted by molar-refractivity contribution is -0.326. The first-order valence-electron chi connectivity index (χ1n) is 17.2. The molecule has 0 radical (unpaired) electrons. The maximum absolute atomic E-state index is 10.8. The SMILES string of the molecule is C=C(C)[C@@H]1CCC2(CO)CC[C@]3(C)C(CCC4[C@@]5(C)CC[C@H](O[C@@H]6O[C@@H](C)C(O)[C@@H](O)[C@H]6O)C(C)(C)C5CC[C@]43C)C12. The van der Waals surface area contributed by atoms with E-state index < -0.39 is 30.7 Å². The number of fused-ring (bicyclic) bond motifs is 7. The molecule has 42 heavy (non-hydrogen) atoms. The van der Waals surface area contributed by atoms with E-state index >= 15 is 0 Å². The van der Waals surface area contributed by atoms with E-state index in [0.29, 0.717) is 36.2 Å². The second-order valence-electron chi connectivity index (χ2n) is 17.4. The van der Waals surface area contributed by atoms with Crippen molar-refractivity contribution >= 4 is 0 Å². The zero-order valence-corrected chi connectivity index (χ0v) is 27.4. The van der Waals surface area contributed by atoms with Crippen molar-refractivity contribution in [3.8, 4) is 0 Å². The topological polar surface area (TPSA) is 99.4 Å². The summed E-state index contributed by atoms with van der Waals surface area (Å²) in [6.07, 6.45) is 6.36. The van der Waals surface area contributed by atoms with Gasteiger partial charge in [0.15, 0.2) is 6.29 Å². The van der Waals surface area contributed by atoms with Gasteiger partial charge in [0.05, 0.1) is 12.2 Å². The molecular weight excluding hydrogens is 528 g/mol. The average Bonchev–Trinajstić information content (AvgIpc) is 3.33. The first kappa shape index (κ1) is 31.5. The zero-order chi connectivity index (χ0) is 30.6. The monoisotopic (exact) mass is 588 g/mol. The van der Waals surface area contributed by atoms with Crippen molar-refractivity contribution in [1.29, 1.82) is 0 Å². The van der Waals surface area contributed by atoms with Gasteiger partial charge in [0, 0.05) is 6.61 Å². The van der Waals surface area contributed by atoms with E-state index in [4.69, 9.17) is 9.47 Å². The summed E-state index contributed by atoms with van der Waals surface area (Å²) in [5, 5.41) is 42.1. The number of aliphatic hydroxyl groups excluding tert-OH is 4. The van der Waals surface area contributed by atoms with Crippen LogP contribution in [0, 0.1) is 56.7 Å². The molecule has 0 spiro atoms. The average molecular weight is 589 g/mol. The van der Waals surface area contributed by atoms with Gasteiger partial charge in [0.1, 0.15) is 18.3 Å². The van der Waals surface area contributed by atoms with Crippen LogP contribution in [0.15, 0.2) is 12.2 Å². The van der Waals surface area contributed by atoms with Gasteiger partial charge in [-0.1, -0.05) is 46.8 Å². The van der Waals surface area contributed by atoms with Gasteiger partial charge in [-0.25, -0.2) is 0 Å². The molecule has 4 N–H and O–H groups in total. The van der Waals surface area contributed by atoms with Gasteiger partial charge in [0.25, 0.3) is 0 Å². The molecule has 5 saturated carbocycles. The van der Waals surface area contributed by atoms with Crippen LogP contribution in [0.3, 0.4) is 0 Å². The van der Waals surface area contributed by atoms with E-state index in [1.165, 1.54) is 44.1 Å². The number of aliphatic hydroxyl groups is 4. The van der Waals surface area contributed by atoms with Gasteiger partial charge in [-0.05, 0) is 135 Å². The molecule has 6 fully saturated rings. The van der Waals surface area contributed by atoms with Crippen LogP contribution >= 0.6 is 0 Å². The first-order chi connectivity index (χ1) is 19.6. The zero-order valence-electron chi connectivity index (χ0n) is 27.4. The molecule has 1 aliphatic heterocycles. The number of hydrogen-bond acceptors (Lipinski definition) is 6. The highest BCUT2D eigenvalue weighted by molar-refractivity contribution is 5.21. The van der Waals surface area contributed by atoms with E-state index in [1.807, 2.05) is 0 Å². The number of ether oxygens (including phenoxy) is 2. The lowest BCUT2D eigenvalue weighted by Gasteiger charge is -2.73. The lowest BCUT2D eigenvalue weighted by Crippen LogP contribution is -2.67. The third-order valence-corrected chi connectivity index (χ3v) is 15.6. The molecule has 5 aliphatic carbocycles. The Bertz CT molecular complexity index is 1060. The van der Waals surface area contributed by atoms with Gasteiger partial charge in [-0.15, -0.1) is 0 Å². The highest BCUT2D eigenvalue weighted by Gasteiger charge is 2.71. The van der Waals surface area contributed by atoms with E-state index in [1.54, 1.807) is 6.92 Å². The highest BCUT2D eigenvalue weighted by atomic mass is 16.7. The molecule has 1 saturated heterocycles. The second kappa shape index (κ2) is 10.3. The molecule has 0 aromatic carbocycles. The van der Waals surface area contributed by atoms with E-state index in [2.05, 4.69) is 48.1 Å². The van der Waals surface area contributed by atoms with E-state index in [0.717, 1.165) is 25.7 Å². The van der Waals surface area contributed by atoms with E-state index in [9.17, 15) is 20.4 Å². The fraction of sp³-hybridized carbons (Fsp3) is 0.944. The molecular formula is C36H60O6. The summed E-state index contributed by atoms with van der Waals surface area (Å²) in [5.74, 6) is 2.88. The molecule has 6 unspecified atom stereocenters. The summed E-state index contributed by atoms with van der Waals surface area (Å²) >= 11 is 0. The van der Waals surface area contributed by atoms with Crippen molar-refractivity contribution in [2.24, 2.45) is 56.7 Å². The lowest BCUT2D eigenvalue weighted by atomic mass is 9.32. The third-order valence-electron chi connectivity index (χ3n) is 15.6. The largest absolute Gasteiger partial charge is 0.396 e. The van der Waals surface area contributed by atoms with Crippen LogP contribution in [0.4, 0.5) is 0 Å². The summed E-state index contributed by atoms with van der Waals surface area (Å²) in [7, 11) is 0. The van der Waals surface area contributed by atoms with Gasteiger partial charge >= 0.3 is 0 Å². The molecule has 0 bridgehead atoms. The van der Waals surface area contributed by atoms with Crippen molar-refractivity contribution in [1.82, 2.24) is 0 Å². The van der Waals surface area contributed by atoms with Gasteiger partial charge in [0.2, 0.25) is 0 Å². The Morgan fingerprint density at radius 1 is 0.810 bits per heavy atom. The van der Waals surface area contributed by atoms with Crippen LogP contribution < -0.4 is 0 Å². The second-order valence-corrected chi connectivity index (χ2v) is 17.4. The quantitative estimate of drug-likeness (QED) is 0.243. The highest BCUT2D eigenvalue weighted by Crippen LogP contribution is 2.77. The minimum Gasteiger partial charge on any atom is -0.396 e. The predicted octanol–water partition coefficient (Wildman–Crippen LogP) is 5.85. The van der Waals surface area contributed by atoms with Crippen LogP contribution in [0.2, 0.25) is 0 Å². The summed E-state index contributed by atoms with van der Waals surface area (Å²) in [5.41, 5.74) is 2.01. The molecule has 6 nitrogen and oxygen atoms in total. The minimum atomic E-state index is -1.27. The van der Waals surface area contributed by atoms with Crippen LogP contribution in [0.25, 0.3) is 0 Å². The fourth-order valence-corrected chi connectivity index (χ4v) is 13.1. The van der Waals surface area contributed by atoms with Crippen molar-refractivity contribution in [2.75, 3.05) is 6.61 Å². The molecule has 0 aromatic heterocycles. The minimum absolute atomic E-state index is 0.0857. The molecule has 240 valence electrons. The normalized spacial score (nSPS) is 57.0. The molecule has 15 atom stereocenters. The molecule has 0 aromatic rings. The first-order valence-corrected chi connectivity index (χ1v) is 17.2. The Morgan fingerprint density at radius 2 is 1.52 bits per heavy atom. The molecule has 6 heteroatoms. The van der Waals surface area contributed by atoms with Crippen molar-refractivity contribution in [3.05, 3.63) is 12.2 Å². The maximum atomic E-state index is 10.8. The van der Waals surface area contributed by atoms with Gasteiger partial charge < -0.3 is 29.9 Å². The van der Waals surface area contributed by atoms with Crippen LogP contribution in [0.5, 0.6) is 0 Å². The van der Waals surface area contributed by atoms with Crippen LogP contribution in [-0.4, -0.2) is 63.8 Å². The third kappa shape index (κ3) is 4.10. The Balaban J connectivity index is 1.27. The summed E-state index contributed by atoms with van der Waals surface area (Å²) < 4.78 is 12.4. The van der Waals surface area contributed by atoms with Crippen LogP contribution in [0.1, 0.15) is 113 Å². The molecule has 6 rings (SSSR count). The molecule has 0 amide bonds. The number of rotatable bonds is 4. The fourth-order valence-electron chi connectivity index (χ4n) is 13.1. The number of hydrogen-bond donors (Lipinski definition) is 4. The summed E-state index contributed by atoms with van der Waals surface area (Å²) in [6.45, 7) is 21.3. The van der Waals surface area contributed by atoms with Crippen molar-refractivity contribution in [2.45, 2.75) is 149 Å². The van der Waals surface area contributed by atoms with Crippen LogP contribution in [-0.2, 0) is 9.47 Å². The van der Waals surface area contributed by atoms with Gasteiger partial charge in [-0.3, -0.25) is 0 Å². The van der Waals surface area contributed by atoms with Crippen molar-refractivity contribution in [3.63, 3.8) is 0 Å². The standard InChI is InChI=1S/C36H60O6/c1-20(2)22-11-16-36(19-37)18-17-34(7)23(27(22)36)9-10-25-33(6)14-13-26(32(4,5)24(33)12-15-35(25,34)8)42-31-30(40)29(39)28(38)21(3)41-31/h21-31,37-40H,1,9-19H2,2-8H3/t21-,22-,23?,24?,25?,26-,27?,28?,29+,30+,31-,33-,34+,35+,36?/m0/s1. The van der Waals surface area contributed by atoms with Gasteiger partial charge in [-0.2, -0.15) is 0 Å². The molecule has 6 aliphatic rings. The Morgan fingerprint density at radius 3 is 2.19 bits per heavy atom. The van der Waals surface area contributed by atoms with Crippen molar-refractivity contribution < 1.29 is 29.9 Å². The summed E-state index contributed by atoms with van der Waals surface area (Å²) in [4.78, 5) is 0. The summed E-state index contributed by atoms with van der Waals surface area (Å²) in [6, 6.07) is 0. The Labute approximate surface area is 254 Å². The maximum Gasteiger partial charge on any atom is 0.186 e. The Kier molecular flexibility index (Phi) is 7.69. The van der Waals surface area contributed by atoms with E-state index in [-0.39, 0.29) is 33.2 Å². The Hall–Kier alpha value is -0.500. The smallest absolute Gasteiger partial charge is 0.186 e. The molecule has 1 heterocycles.